The lowest BCUT2D eigenvalue weighted by Gasteiger charge is -1.95. The monoisotopic (exact) mass is 100 g/mol. The minimum atomic E-state index is 0.472. The van der Waals surface area contributed by atoms with Gasteiger partial charge in [-0.2, -0.15) is 0 Å². The van der Waals surface area contributed by atoms with Gasteiger partial charge in [-0.1, -0.05) is 6.92 Å². The first-order valence-electron chi connectivity index (χ1n) is 2.56. The largest absolute Gasteiger partial charge is 0.315 e. The van der Waals surface area contributed by atoms with Crippen molar-refractivity contribution in [3.8, 4) is 0 Å². The van der Waals surface area contributed by atoms with Gasteiger partial charge < -0.3 is 5.32 Å². The van der Waals surface area contributed by atoms with E-state index in [4.69, 9.17) is 5.73 Å². The third-order valence-corrected chi connectivity index (χ3v) is 0.655. The summed E-state index contributed by atoms with van der Waals surface area (Å²) in [6.07, 6.45) is 0.917. The average Bonchev–Trinajstić information content (AvgIpc) is 1.69. The van der Waals surface area contributed by atoms with Gasteiger partial charge >= 0.3 is 0 Å². The molecule has 2 N–H and O–H groups in total. The fourth-order valence-electron chi connectivity index (χ4n) is 0.338. The van der Waals surface area contributed by atoms with Crippen LogP contribution >= 0.6 is 0 Å². The van der Waals surface area contributed by atoms with Crippen LogP contribution in [0.4, 0.5) is 0 Å². The highest BCUT2D eigenvalue weighted by atomic mass is 14.9. The third kappa shape index (κ3) is 5.92. The van der Waals surface area contributed by atoms with Crippen LogP contribution in [-0.4, -0.2) is 19.6 Å². The van der Waals surface area contributed by atoms with Crippen molar-refractivity contribution in [3.05, 3.63) is 6.92 Å². The summed E-state index contributed by atoms with van der Waals surface area (Å²) in [6.45, 7) is 5.85. The molecule has 42 valence electrons. The van der Waals surface area contributed by atoms with Gasteiger partial charge in [-0.15, -0.1) is 0 Å². The molecule has 0 bridgehead atoms. The second-order valence-electron chi connectivity index (χ2n) is 1.35. The Morgan fingerprint density at radius 3 is 2.57 bits per heavy atom. The molecule has 0 heterocycles. The van der Waals surface area contributed by atoms with Gasteiger partial charge in [0.05, 0.1) is 0 Å². The Bertz CT molecular complexity index is 25.3. The zero-order valence-electron chi connectivity index (χ0n) is 4.54. The van der Waals surface area contributed by atoms with Crippen LogP contribution in [0.25, 0.3) is 0 Å². The Balaban J connectivity index is 2.45. The summed E-state index contributed by atoms with van der Waals surface area (Å²) < 4.78 is 0. The summed E-state index contributed by atoms with van der Waals surface area (Å²) in [5, 5.41) is 3.03. The van der Waals surface area contributed by atoms with E-state index in [9.17, 15) is 0 Å². The van der Waals surface area contributed by atoms with Crippen LogP contribution in [0.3, 0.4) is 0 Å². The van der Waals surface area contributed by atoms with Crippen LogP contribution in [0.2, 0.25) is 0 Å². The summed E-state index contributed by atoms with van der Waals surface area (Å²) in [7, 11) is 0. The van der Waals surface area contributed by atoms with Gasteiger partial charge in [0, 0.05) is 13.1 Å². The topological polar surface area (TPSA) is 35.8 Å². The molecule has 0 rings (SSSR count). The third-order valence-electron chi connectivity index (χ3n) is 0.655. The van der Waals surface area contributed by atoms with Crippen molar-refractivity contribution in [1.29, 1.82) is 0 Å². The second-order valence-corrected chi connectivity index (χ2v) is 1.35. The molecule has 0 spiro atoms. The highest BCUT2D eigenvalue weighted by Crippen LogP contribution is 1.65. The lowest BCUT2D eigenvalue weighted by Crippen LogP contribution is -2.19. The molecular formula is C5H12N2. The SMILES string of the molecule is [CH2]CCNCC[NH]. The molecule has 0 aromatic heterocycles. The Hall–Kier alpha value is -0.0800. The number of hydrogen-bond donors (Lipinski definition) is 1. The first-order chi connectivity index (χ1) is 3.41. The number of nitrogens with one attached hydrogen (secondary N) is 2. The van der Waals surface area contributed by atoms with Crippen LogP contribution in [-0.2, 0) is 0 Å². The Morgan fingerprint density at radius 2 is 2.14 bits per heavy atom. The van der Waals surface area contributed by atoms with Crippen LogP contribution in [0.1, 0.15) is 6.42 Å². The fourth-order valence-corrected chi connectivity index (χ4v) is 0.338. The van der Waals surface area contributed by atoms with E-state index in [1.165, 1.54) is 0 Å². The molecule has 0 saturated heterocycles. The van der Waals surface area contributed by atoms with E-state index in [1.807, 2.05) is 0 Å². The second kappa shape index (κ2) is 5.92. The molecule has 0 amide bonds. The molecule has 0 aliphatic rings. The van der Waals surface area contributed by atoms with Crippen molar-refractivity contribution in [2.75, 3.05) is 19.6 Å². The standard InChI is InChI=1S/C5H12N2/c1-2-4-7-5-3-6/h6-7H,1-5H2. The predicted octanol–water partition coefficient (Wildman–Crippen LogP) is 0.0831. The van der Waals surface area contributed by atoms with E-state index in [-0.39, 0.29) is 0 Å². The normalized spacial score (nSPS) is 9.43. The van der Waals surface area contributed by atoms with E-state index < -0.39 is 0 Å². The van der Waals surface area contributed by atoms with E-state index in [1.54, 1.807) is 0 Å². The van der Waals surface area contributed by atoms with Gasteiger partial charge in [-0.25, -0.2) is 0 Å². The minimum absolute atomic E-state index is 0.472. The maximum Gasteiger partial charge on any atom is 0.0225 e. The quantitative estimate of drug-likeness (QED) is 0.499. The molecule has 0 aliphatic carbocycles. The molecule has 0 unspecified atom stereocenters. The minimum Gasteiger partial charge on any atom is -0.315 e. The molecule has 0 aromatic rings. The molecule has 2 radical (unpaired) electrons. The molecule has 0 aromatic carbocycles. The van der Waals surface area contributed by atoms with E-state index in [0.29, 0.717) is 6.54 Å². The van der Waals surface area contributed by atoms with E-state index in [2.05, 4.69) is 12.2 Å². The molecular weight excluding hydrogens is 88.1 g/mol. The van der Waals surface area contributed by atoms with Crippen LogP contribution in [0.15, 0.2) is 0 Å². The van der Waals surface area contributed by atoms with Crippen molar-refractivity contribution >= 4 is 0 Å². The van der Waals surface area contributed by atoms with Crippen LogP contribution in [0.5, 0.6) is 0 Å². The summed E-state index contributed by atoms with van der Waals surface area (Å²) in [6, 6.07) is 0. The molecule has 2 heteroatoms. The number of hydrogen-bond acceptors (Lipinski definition) is 1. The highest BCUT2D eigenvalue weighted by Gasteiger charge is 1.77. The first-order valence-corrected chi connectivity index (χ1v) is 2.56. The number of rotatable bonds is 4. The maximum absolute atomic E-state index is 6.70. The summed E-state index contributed by atoms with van der Waals surface area (Å²) >= 11 is 0. The Labute approximate surface area is 45.1 Å². The van der Waals surface area contributed by atoms with Gasteiger partial charge in [-0.3, -0.25) is 5.73 Å². The summed E-state index contributed by atoms with van der Waals surface area (Å²) in [5.74, 6) is 0. The van der Waals surface area contributed by atoms with Gasteiger partial charge in [-0.05, 0) is 13.0 Å². The van der Waals surface area contributed by atoms with E-state index >= 15 is 0 Å². The van der Waals surface area contributed by atoms with Crippen molar-refractivity contribution in [3.63, 3.8) is 0 Å². The van der Waals surface area contributed by atoms with Gasteiger partial charge in [0.15, 0.2) is 0 Å². The Kier molecular flexibility index (Phi) is 5.85. The molecule has 0 saturated carbocycles. The van der Waals surface area contributed by atoms with Gasteiger partial charge in [0.2, 0.25) is 0 Å². The molecule has 7 heavy (non-hydrogen) atoms. The predicted molar refractivity (Wildman–Crippen MR) is 30.8 cm³/mol. The smallest absolute Gasteiger partial charge is 0.0225 e. The summed E-state index contributed by atoms with van der Waals surface area (Å²) in [5.41, 5.74) is 6.70. The molecule has 0 atom stereocenters. The van der Waals surface area contributed by atoms with Gasteiger partial charge in [0.25, 0.3) is 0 Å². The lowest BCUT2D eigenvalue weighted by atomic mass is 10.5. The van der Waals surface area contributed by atoms with Crippen molar-refractivity contribution in [1.82, 2.24) is 11.1 Å². The van der Waals surface area contributed by atoms with Crippen molar-refractivity contribution in [2.24, 2.45) is 0 Å². The van der Waals surface area contributed by atoms with Crippen LogP contribution < -0.4 is 11.1 Å². The Morgan fingerprint density at radius 1 is 1.43 bits per heavy atom. The van der Waals surface area contributed by atoms with Crippen molar-refractivity contribution < 1.29 is 0 Å². The molecule has 2 nitrogen and oxygen atoms in total. The maximum atomic E-state index is 6.70. The summed E-state index contributed by atoms with van der Waals surface area (Å²) in [4.78, 5) is 0. The van der Waals surface area contributed by atoms with Crippen molar-refractivity contribution in [2.45, 2.75) is 6.42 Å². The highest BCUT2D eigenvalue weighted by molar-refractivity contribution is 4.46. The molecule has 0 aliphatic heterocycles. The molecule has 0 fully saturated rings. The van der Waals surface area contributed by atoms with E-state index in [0.717, 1.165) is 19.5 Å². The average molecular weight is 100 g/mol. The zero-order valence-corrected chi connectivity index (χ0v) is 4.54. The van der Waals surface area contributed by atoms with Gasteiger partial charge in [0.1, 0.15) is 0 Å². The fraction of sp³-hybridized carbons (Fsp3) is 0.800. The first kappa shape index (κ1) is 6.92. The van der Waals surface area contributed by atoms with Crippen LogP contribution in [0, 0.1) is 6.92 Å². The zero-order chi connectivity index (χ0) is 5.54. The lowest BCUT2D eigenvalue weighted by molar-refractivity contribution is 0.690.